The number of carbonyl (C=O) groups is 1. The third-order valence-electron chi connectivity index (χ3n) is 4.08. The van der Waals surface area contributed by atoms with E-state index in [2.05, 4.69) is 24.3 Å². The van der Waals surface area contributed by atoms with Gasteiger partial charge in [-0.15, -0.1) is 0 Å². The Bertz CT molecular complexity index is 449. The lowest BCUT2D eigenvalue weighted by molar-refractivity contribution is -0.122. The van der Waals surface area contributed by atoms with Gasteiger partial charge in [0, 0.05) is 30.4 Å². The summed E-state index contributed by atoms with van der Waals surface area (Å²) in [4.78, 5) is 14.0. The van der Waals surface area contributed by atoms with E-state index in [-0.39, 0.29) is 5.91 Å². The summed E-state index contributed by atoms with van der Waals surface area (Å²) in [6.45, 7) is 6.27. The van der Waals surface area contributed by atoms with E-state index in [1.165, 1.54) is 24.1 Å². The number of nitrogens with one attached hydrogen (secondary N) is 1. The van der Waals surface area contributed by atoms with Gasteiger partial charge in [0.25, 0.3) is 0 Å². The van der Waals surface area contributed by atoms with Crippen molar-refractivity contribution in [3.05, 3.63) is 17.5 Å². The van der Waals surface area contributed by atoms with Gasteiger partial charge in [0.05, 0.1) is 12.7 Å². The molecule has 1 aromatic heterocycles. The third kappa shape index (κ3) is 3.82. The predicted molar refractivity (Wildman–Crippen MR) is 79.4 cm³/mol. The van der Waals surface area contributed by atoms with E-state index in [1.807, 2.05) is 22.8 Å². The van der Waals surface area contributed by atoms with Crippen LogP contribution in [0.3, 0.4) is 0 Å². The van der Waals surface area contributed by atoms with Crippen LogP contribution < -0.4 is 5.32 Å². The standard InChI is InChI=1S/C15H26N4O/c1-4-19-12(2)13(9-16-19)10-18(3)11-15(20)17-14-7-5-6-8-14/h9,14H,4-8,10-11H2,1-3H3,(H,17,20). The number of rotatable bonds is 6. The van der Waals surface area contributed by atoms with Gasteiger partial charge in [0.2, 0.25) is 5.91 Å². The summed E-state index contributed by atoms with van der Waals surface area (Å²) >= 11 is 0. The van der Waals surface area contributed by atoms with Crippen LogP contribution in [0.2, 0.25) is 0 Å². The molecular weight excluding hydrogens is 252 g/mol. The first-order valence-corrected chi connectivity index (χ1v) is 7.59. The third-order valence-corrected chi connectivity index (χ3v) is 4.08. The molecule has 1 aromatic rings. The van der Waals surface area contributed by atoms with Crippen molar-refractivity contribution in [3.8, 4) is 0 Å². The van der Waals surface area contributed by atoms with Crippen molar-refractivity contribution >= 4 is 5.91 Å². The average molecular weight is 278 g/mol. The van der Waals surface area contributed by atoms with Gasteiger partial charge < -0.3 is 5.32 Å². The van der Waals surface area contributed by atoms with Gasteiger partial charge in [-0.3, -0.25) is 14.4 Å². The van der Waals surface area contributed by atoms with Crippen LogP contribution in [0.1, 0.15) is 43.9 Å². The summed E-state index contributed by atoms with van der Waals surface area (Å²) in [6, 6.07) is 0.403. The van der Waals surface area contributed by atoms with Crippen molar-refractivity contribution < 1.29 is 4.79 Å². The Morgan fingerprint density at radius 1 is 1.50 bits per heavy atom. The quantitative estimate of drug-likeness (QED) is 0.861. The lowest BCUT2D eigenvalue weighted by Crippen LogP contribution is -2.39. The molecule has 2 rings (SSSR count). The average Bonchev–Trinajstić information content (AvgIpc) is 3.00. The summed E-state index contributed by atoms with van der Waals surface area (Å²) in [5.74, 6) is 0.139. The van der Waals surface area contributed by atoms with Crippen LogP contribution in [0.15, 0.2) is 6.20 Å². The van der Waals surface area contributed by atoms with Gasteiger partial charge in [-0.05, 0) is 33.7 Å². The number of hydrogen-bond acceptors (Lipinski definition) is 3. The topological polar surface area (TPSA) is 50.2 Å². The second kappa shape index (κ2) is 6.88. The minimum atomic E-state index is 0.139. The van der Waals surface area contributed by atoms with Crippen LogP contribution in [0.25, 0.3) is 0 Å². The van der Waals surface area contributed by atoms with Gasteiger partial charge >= 0.3 is 0 Å². The molecule has 0 atom stereocenters. The van der Waals surface area contributed by atoms with Crippen molar-refractivity contribution in [2.45, 2.75) is 58.7 Å². The zero-order chi connectivity index (χ0) is 14.5. The monoisotopic (exact) mass is 278 g/mol. The first kappa shape index (κ1) is 15.0. The van der Waals surface area contributed by atoms with Crippen molar-refractivity contribution in [2.75, 3.05) is 13.6 Å². The molecule has 0 bridgehead atoms. The van der Waals surface area contributed by atoms with Gasteiger partial charge in [-0.1, -0.05) is 12.8 Å². The smallest absolute Gasteiger partial charge is 0.234 e. The van der Waals surface area contributed by atoms with E-state index >= 15 is 0 Å². The predicted octanol–water partition coefficient (Wildman–Crippen LogP) is 1.70. The SMILES string of the molecule is CCn1ncc(CN(C)CC(=O)NC2CCCC2)c1C. The molecule has 1 amide bonds. The Balaban J connectivity index is 1.80. The lowest BCUT2D eigenvalue weighted by atomic mass is 10.2. The zero-order valence-corrected chi connectivity index (χ0v) is 12.9. The van der Waals surface area contributed by atoms with E-state index in [0.29, 0.717) is 12.6 Å². The largest absolute Gasteiger partial charge is 0.352 e. The highest BCUT2D eigenvalue weighted by atomic mass is 16.2. The summed E-state index contributed by atoms with van der Waals surface area (Å²) in [5, 5.41) is 7.46. The number of amides is 1. The van der Waals surface area contributed by atoms with Crippen molar-refractivity contribution in [3.63, 3.8) is 0 Å². The number of carbonyl (C=O) groups excluding carboxylic acids is 1. The summed E-state index contributed by atoms with van der Waals surface area (Å²) in [7, 11) is 1.98. The molecule has 0 radical (unpaired) electrons. The number of aromatic nitrogens is 2. The fourth-order valence-electron chi connectivity index (χ4n) is 2.89. The first-order valence-electron chi connectivity index (χ1n) is 7.59. The van der Waals surface area contributed by atoms with E-state index in [9.17, 15) is 4.79 Å². The number of nitrogens with zero attached hydrogens (tertiary/aromatic N) is 3. The molecule has 0 saturated heterocycles. The summed E-state index contributed by atoms with van der Waals surface area (Å²) in [5.41, 5.74) is 2.39. The van der Waals surface area contributed by atoms with E-state index < -0.39 is 0 Å². The Morgan fingerprint density at radius 3 is 2.80 bits per heavy atom. The van der Waals surface area contributed by atoms with Crippen LogP contribution in [-0.4, -0.2) is 40.2 Å². The molecule has 1 saturated carbocycles. The van der Waals surface area contributed by atoms with Crippen LogP contribution in [0.4, 0.5) is 0 Å². The Hall–Kier alpha value is -1.36. The van der Waals surface area contributed by atoms with Crippen molar-refractivity contribution in [1.29, 1.82) is 0 Å². The lowest BCUT2D eigenvalue weighted by Gasteiger charge is -2.18. The molecule has 0 aliphatic heterocycles. The van der Waals surface area contributed by atoms with Crippen LogP contribution in [0.5, 0.6) is 0 Å². The molecule has 112 valence electrons. The van der Waals surface area contributed by atoms with Crippen molar-refractivity contribution in [2.24, 2.45) is 0 Å². The molecule has 0 spiro atoms. The highest BCUT2D eigenvalue weighted by Gasteiger charge is 2.18. The van der Waals surface area contributed by atoms with Gasteiger partial charge in [-0.2, -0.15) is 5.10 Å². The molecule has 1 fully saturated rings. The van der Waals surface area contributed by atoms with E-state index in [1.54, 1.807) is 0 Å². The molecule has 5 heteroatoms. The van der Waals surface area contributed by atoms with Gasteiger partial charge in [-0.25, -0.2) is 0 Å². The second-order valence-corrected chi connectivity index (χ2v) is 5.79. The molecule has 5 nitrogen and oxygen atoms in total. The van der Waals surface area contributed by atoms with E-state index in [0.717, 1.165) is 25.9 Å². The Labute approximate surface area is 121 Å². The van der Waals surface area contributed by atoms with E-state index in [4.69, 9.17) is 0 Å². The minimum absolute atomic E-state index is 0.139. The molecule has 1 aliphatic carbocycles. The fraction of sp³-hybridized carbons (Fsp3) is 0.733. The zero-order valence-electron chi connectivity index (χ0n) is 12.9. The number of aryl methyl sites for hydroxylation is 1. The van der Waals surface area contributed by atoms with Crippen LogP contribution >= 0.6 is 0 Å². The minimum Gasteiger partial charge on any atom is -0.352 e. The molecule has 0 aromatic carbocycles. The maximum atomic E-state index is 12.0. The van der Waals surface area contributed by atoms with Crippen molar-refractivity contribution in [1.82, 2.24) is 20.0 Å². The molecule has 0 unspecified atom stereocenters. The van der Waals surface area contributed by atoms with Gasteiger partial charge in [0.1, 0.15) is 0 Å². The maximum absolute atomic E-state index is 12.0. The second-order valence-electron chi connectivity index (χ2n) is 5.79. The molecule has 1 heterocycles. The normalized spacial score (nSPS) is 16.0. The molecule has 20 heavy (non-hydrogen) atoms. The molecule has 1 aliphatic rings. The highest BCUT2D eigenvalue weighted by Crippen LogP contribution is 2.17. The number of likely N-dealkylation sites (N-methyl/N-ethyl adjacent to an activating group) is 1. The Morgan fingerprint density at radius 2 is 2.20 bits per heavy atom. The summed E-state index contributed by atoms with van der Waals surface area (Å²) < 4.78 is 1.99. The highest BCUT2D eigenvalue weighted by molar-refractivity contribution is 5.78. The Kier molecular flexibility index (Phi) is 5.17. The molecular formula is C15H26N4O. The van der Waals surface area contributed by atoms with Crippen LogP contribution in [-0.2, 0) is 17.9 Å². The van der Waals surface area contributed by atoms with Gasteiger partial charge in [0.15, 0.2) is 0 Å². The molecule has 1 N–H and O–H groups in total. The maximum Gasteiger partial charge on any atom is 0.234 e. The summed E-state index contributed by atoms with van der Waals surface area (Å²) in [6.07, 6.45) is 6.67. The van der Waals surface area contributed by atoms with Crippen LogP contribution in [0, 0.1) is 6.92 Å². The first-order chi connectivity index (χ1) is 9.60. The number of hydrogen-bond donors (Lipinski definition) is 1. The fourth-order valence-corrected chi connectivity index (χ4v) is 2.89.